The highest BCUT2D eigenvalue weighted by atomic mass is 16.5. The summed E-state index contributed by atoms with van der Waals surface area (Å²) in [5, 5.41) is 28.2. The summed E-state index contributed by atoms with van der Waals surface area (Å²) >= 11 is 0. The fraction of sp³-hybridized carbons (Fsp3) is 0.625. The van der Waals surface area contributed by atoms with E-state index in [9.17, 15) is 0 Å². The SMILES string of the molecule is C/C(C/C(C)=N/N=C(/C)C(O)O)=N/N. The van der Waals surface area contributed by atoms with E-state index in [0.29, 0.717) is 12.1 Å². The minimum Gasteiger partial charge on any atom is -0.363 e. The maximum atomic E-state index is 8.67. The third-order valence-corrected chi connectivity index (χ3v) is 1.48. The molecule has 0 unspecified atom stereocenters. The third kappa shape index (κ3) is 5.39. The summed E-state index contributed by atoms with van der Waals surface area (Å²) < 4.78 is 0. The zero-order chi connectivity index (χ0) is 11.1. The molecule has 14 heavy (non-hydrogen) atoms. The lowest BCUT2D eigenvalue weighted by atomic mass is 10.2. The normalized spacial score (nSPS) is 15.1. The first-order chi connectivity index (χ1) is 6.47. The molecule has 0 saturated heterocycles. The van der Waals surface area contributed by atoms with Crippen molar-refractivity contribution in [1.82, 2.24) is 0 Å². The monoisotopic (exact) mass is 200 g/mol. The van der Waals surface area contributed by atoms with Gasteiger partial charge in [0.15, 0.2) is 6.29 Å². The number of aliphatic hydroxyl groups excluding tert-OH is 1. The maximum Gasteiger partial charge on any atom is 0.193 e. The van der Waals surface area contributed by atoms with E-state index in [1.807, 2.05) is 0 Å². The van der Waals surface area contributed by atoms with Crippen LogP contribution in [-0.2, 0) is 0 Å². The Labute approximate surface area is 82.8 Å². The Bertz CT molecular complexity index is 269. The van der Waals surface area contributed by atoms with E-state index in [4.69, 9.17) is 16.1 Å². The van der Waals surface area contributed by atoms with E-state index < -0.39 is 6.29 Å². The average molecular weight is 200 g/mol. The summed E-state index contributed by atoms with van der Waals surface area (Å²) in [4.78, 5) is 0. The third-order valence-electron chi connectivity index (χ3n) is 1.48. The van der Waals surface area contributed by atoms with Crippen molar-refractivity contribution in [2.75, 3.05) is 0 Å². The summed E-state index contributed by atoms with van der Waals surface area (Å²) in [6, 6.07) is 0. The van der Waals surface area contributed by atoms with Crippen LogP contribution < -0.4 is 5.84 Å². The largest absolute Gasteiger partial charge is 0.363 e. The lowest BCUT2D eigenvalue weighted by Crippen LogP contribution is -2.15. The molecular weight excluding hydrogens is 184 g/mol. The van der Waals surface area contributed by atoms with Crippen LogP contribution >= 0.6 is 0 Å². The van der Waals surface area contributed by atoms with Gasteiger partial charge in [-0.3, -0.25) is 0 Å². The minimum atomic E-state index is -1.56. The van der Waals surface area contributed by atoms with Gasteiger partial charge in [0.2, 0.25) is 0 Å². The molecular formula is C8H16N4O2. The summed E-state index contributed by atoms with van der Waals surface area (Å²) in [5.74, 6) is 5.04. The zero-order valence-electron chi connectivity index (χ0n) is 8.60. The smallest absolute Gasteiger partial charge is 0.193 e. The van der Waals surface area contributed by atoms with Crippen LogP contribution in [0.1, 0.15) is 27.2 Å². The minimum absolute atomic E-state index is 0.145. The molecule has 6 nitrogen and oxygen atoms in total. The lowest BCUT2D eigenvalue weighted by molar-refractivity contribution is 0.0190. The number of nitrogens with two attached hydrogens (primary N) is 1. The van der Waals surface area contributed by atoms with Gasteiger partial charge < -0.3 is 16.1 Å². The second-order valence-corrected chi connectivity index (χ2v) is 2.99. The number of rotatable bonds is 4. The number of nitrogens with zero attached hydrogens (tertiary/aromatic N) is 3. The van der Waals surface area contributed by atoms with Crippen molar-refractivity contribution < 1.29 is 10.2 Å². The predicted molar refractivity (Wildman–Crippen MR) is 56.4 cm³/mol. The quantitative estimate of drug-likeness (QED) is 0.254. The summed E-state index contributed by atoms with van der Waals surface area (Å²) in [7, 11) is 0. The van der Waals surface area contributed by atoms with Crippen LogP contribution in [0.4, 0.5) is 0 Å². The number of hydrogen-bond acceptors (Lipinski definition) is 6. The van der Waals surface area contributed by atoms with Crippen molar-refractivity contribution in [3.05, 3.63) is 0 Å². The standard InChI is InChI=1S/C8H16N4O2/c1-5(10-9)4-6(2)11-12-7(3)8(13)14/h8,13-14H,4,9H2,1-3H3/b10-5-,11-6+,12-7-. The molecule has 80 valence electrons. The number of hydrogen-bond donors (Lipinski definition) is 3. The fourth-order valence-corrected chi connectivity index (χ4v) is 0.667. The second kappa shape index (κ2) is 6.22. The lowest BCUT2D eigenvalue weighted by Gasteiger charge is -2.00. The molecule has 0 bridgehead atoms. The van der Waals surface area contributed by atoms with Gasteiger partial charge in [-0.05, 0) is 20.8 Å². The Morgan fingerprint density at radius 3 is 2.14 bits per heavy atom. The first-order valence-corrected chi connectivity index (χ1v) is 4.14. The van der Waals surface area contributed by atoms with Crippen LogP contribution in [0.15, 0.2) is 15.3 Å². The molecule has 0 saturated carbocycles. The average Bonchev–Trinajstić information content (AvgIpc) is 2.13. The van der Waals surface area contributed by atoms with Crippen LogP contribution in [0.2, 0.25) is 0 Å². The Morgan fingerprint density at radius 1 is 1.14 bits per heavy atom. The van der Waals surface area contributed by atoms with E-state index in [1.165, 1.54) is 6.92 Å². The van der Waals surface area contributed by atoms with E-state index in [1.54, 1.807) is 13.8 Å². The first kappa shape index (κ1) is 12.7. The van der Waals surface area contributed by atoms with Crippen molar-refractivity contribution in [2.45, 2.75) is 33.5 Å². The molecule has 6 heteroatoms. The van der Waals surface area contributed by atoms with E-state index in [-0.39, 0.29) is 5.71 Å². The van der Waals surface area contributed by atoms with Gasteiger partial charge in [-0.1, -0.05) is 0 Å². The van der Waals surface area contributed by atoms with Gasteiger partial charge in [-0.2, -0.15) is 15.3 Å². The van der Waals surface area contributed by atoms with E-state index in [0.717, 1.165) is 5.71 Å². The Hall–Kier alpha value is -1.27. The molecule has 4 N–H and O–H groups in total. The Morgan fingerprint density at radius 2 is 1.71 bits per heavy atom. The highest BCUT2D eigenvalue weighted by molar-refractivity contribution is 6.02. The molecule has 0 spiro atoms. The van der Waals surface area contributed by atoms with Crippen LogP contribution in [0, 0.1) is 0 Å². The predicted octanol–water partition coefficient (Wildman–Crippen LogP) is -0.141. The topological polar surface area (TPSA) is 104 Å². The van der Waals surface area contributed by atoms with Crippen molar-refractivity contribution in [3.63, 3.8) is 0 Å². The van der Waals surface area contributed by atoms with Gasteiger partial charge in [0.25, 0.3) is 0 Å². The molecule has 0 aromatic carbocycles. The maximum absolute atomic E-state index is 8.67. The highest BCUT2D eigenvalue weighted by Crippen LogP contribution is 1.92. The second-order valence-electron chi connectivity index (χ2n) is 2.99. The van der Waals surface area contributed by atoms with Crippen molar-refractivity contribution in [3.8, 4) is 0 Å². The van der Waals surface area contributed by atoms with Crippen LogP contribution in [-0.4, -0.2) is 33.6 Å². The Balaban J connectivity index is 4.32. The van der Waals surface area contributed by atoms with Gasteiger partial charge in [-0.15, -0.1) is 0 Å². The van der Waals surface area contributed by atoms with Crippen molar-refractivity contribution in [1.29, 1.82) is 0 Å². The summed E-state index contributed by atoms with van der Waals surface area (Å²) in [5.41, 5.74) is 1.59. The van der Waals surface area contributed by atoms with Crippen LogP contribution in [0.25, 0.3) is 0 Å². The fourth-order valence-electron chi connectivity index (χ4n) is 0.667. The molecule has 0 heterocycles. The molecule has 0 rings (SSSR count). The van der Waals surface area contributed by atoms with Gasteiger partial charge in [0.05, 0.1) is 5.71 Å². The first-order valence-electron chi connectivity index (χ1n) is 4.14. The van der Waals surface area contributed by atoms with Gasteiger partial charge in [0, 0.05) is 17.8 Å². The van der Waals surface area contributed by atoms with E-state index >= 15 is 0 Å². The molecule has 0 aliphatic rings. The highest BCUT2D eigenvalue weighted by Gasteiger charge is 2.01. The van der Waals surface area contributed by atoms with Gasteiger partial charge in [-0.25, -0.2) is 0 Å². The summed E-state index contributed by atoms with van der Waals surface area (Å²) in [6.45, 7) is 5.01. The molecule has 0 fully saturated rings. The molecule has 0 aromatic rings. The molecule has 0 amide bonds. The van der Waals surface area contributed by atoms with E-state index in [2.05, 4.69) is 15.3 Å². The van der Waals surface area contributed by atoms with Crippen LogP contribution in [0.3, 0.4) is 0 Å². The summed E-state index contributed by atoms with van der Waals surface area (Å²) in [6.07, 6.45) is -1.04. The molecule has 0 aliphatic carbocycles. The van der Waals surface area contributed by atoms with Gasteiger partial charge in [0.1, 0.15) is 0 Å². The Kier molecular flexibility index (Phi) is 5.66. The molecule has 0 radical (unpaired) electrons. The number of aliphatic hydroxyl groups is 2. The molecule has 0 atom stereocenters. The van der Waals surface area contributed by atoms with Crippen molar-refractivity contribution in [2.24, 2.45) is 21.1 Å². The molecule has 0 aromatic heterocycles. The molecule has 0 aliphatic heterocycles. The zero-order valence-corrected chi connectivity index (χ0v) is 8.60. The number of hydrazone groups is 1. The van der Waals surface area contributed by atoms with Gasteiger partial charge >= 0.3 is 0 Å². The van der Waals surface area contributed by atoms with Crippen LogP contribution in [0.5, 0.6) is 0 Å². The van der Waals surface area contributed by atoms with Crippen molar-refractivity contribution >= 4 is 17.1 Å².